The van der Waals surface area contributed by atoms with E-state index >= 15 is 0 Å². The number of anilines is 1. The molecule has 0 aliphatic rings. The second-order valence-corrected chi connectivity index (χ2v) is 3.96. The van der Waals surface area contributed by atoms with E-state index in [9.17, 15) is 0 Å². The number of rotatable bonds is 7. The monoisotopic (exact) mass is 239 g/mol. The van der Waals surface area contributed by atoms with E-state index in [2.05, 4.69) is 4.98 Å². The highest BCUT2D eigenvalue weighted by atomic mass is 16.5. The maximum absolute atomic E-state index is 8.60. The maximum Gasteiger partial charge on any atom is 0.133 e. The summed E-state index contributed by atoms with van der Waals surface area (Å²) in [5, 5.41) is 8.60. The number of aliphatic hydroxyl groups is 1. The lowest BCUT2D eigenvalue weighted by Gasteiger charge is -2.22. The lowest BCUT2D eigenvalue weighted by molar-refractivity contribution is 0.0970. The van der Waals surface area contributed by atoms with E-state index in [4.69, 9.17) is 15.6 Å². The minimum Gasteiger partial charge on any atom is -0.394 e. The van der Waals surface area contributed by atoms with Gasteiger partial charge in [-0.25, -0.2) is 4.98 Å². The van der Waals surface area contributed by atoms with E-state index in [-0.39, 0.29) is 12.6 Å². The third-order valence-corrected chi connectivity index (χ3v) is 2.48. The zero-order valence-electron chi connectivity index (χ0n) is 10.5. The molecule has 0 saturated heterocycles. The molecule has 0 bridgehead atoms. The standard InChI is InChI=1S/C12H21N3O2/c1-10(13)11-4-3-5-14-12(11)15(2)6-8-17-9-7-16/h3-5,10,16H,6-9,13H2,1-2H3. The Labute approximate surface area is 102 Å². The third-order valence-electron chi connectivity index (χ3n) is 2.48. The molecule has 1 aromatic heterocycles. The Balaban J connectivity index is 2.58. The smallest absolute Gasteiger partial charge is 0.133 e. The Morgan fingerprint density at radius 3 is 2.94 bits per heavy atom. The number of aromatic nitrogens is 1. The molecule has 1 rings (SSSR count). The van der Waals surface area contributed by atoms with Gasteiger partial charge in [0.15, 0.2) is 0 Å². The summed E-state index contributed by atoms with van der Waals surface area (Å²) in [7, 11) is 1.95. The van der Waals surface area contributed by atoms with Crippen LogP contribution in [0.4, 0.5) is 5.82 Å². The van der Waals surface area contributed by atoms with Crippen LogP contribution in [0.1, 0.15) is 18.5 Å². The molecule has 0 saturated carbocycles. The third kappa shape index (κ3) is 4.30. The number of aliphatic hydroxyl groups excluding tert-OH is 1. The van der Waals surface area contributed by atoms with Crippen molar-refractivity contribution in [1.29, 1.82) is 0 Å². The molecule has 96 valence electrons. The molecule has 0 aliphatic heterocycles. The van der Waals surface area contributed by atoms with Gasteiger partial charge in [0.1, 0.15) is 5.82 Å². The summed E-state index contributed by atoms with van der Waals surface area (Å²) in [6.45, 7) is 3.65. The average Bonchev–Trinajstić information content (AvgIpc) is 2.34. The van der Waals surface area contributed by atoms with Crippen molar-refractivity contribution in [2.24, 2.45) is 5.73 Å². The van der Waals surface area contributed by atoms with Gasteiger partial charge in [-0.2, -0.15) is 0 Å². The fraction of sp³-hybridized carbons (Fsp3) is 0.583. The molecule has 0 radical (unpaired) electrons. The largest absolute Gasteiger partial charge is 0.394 e. The Kier molecular flexibility index (Phi) is 5.90. The van der Waals surface area contributed by atoms with Gasteiger partial charge in [-0.1, -0.05) is 6.07 Å². The van der Waals surface area contributed by atoms with E-state index in [0.29, 0.717) is 13.2 Å². The van der Waals surface area contributed by atoms with Crippen molar-refractivity contribution in [3.8, 4) is 0 Å². The summed E-state index contributed by atoms with van der Waals surface area (Å²) >= 11 is 0. The number of ether oxygens (including phenoxy) is 1. The molecule has 3 N–H and O–H groups in total. The van der Waals surface area contributed by atoms with Crippen LogP contribution in [0.2, 0.25) is 0 Å². The second kappa shape index (κ2) is 7.21. The highest BCUT2D eigenvalue weighted by molar-refractivity contribution is 5.47. The molecule has 0 fully saturated rings. The van der Waals surface area contributed by atoms with Crippen LogP contribution in [-0.4, -0.2) is 43.5 Å². The van der Waals surface area contributed by atoms with Gasteiger partial charge in [-0.05, 0) is 13.0 Å². The number of nitrogens with two attached hydrogens (primary N) is 1. The predicted molar refractivity (Wildman–Crippen MR) is 68.0 cm³/mol. The molecule has 1 aromatic rings. The van der Waals surface area contributed by atoms with Crippen LogP contribution in [0, 0.1) is 0 Å². The summed E-state index contributed by atoms with van der Waals surface area (Å²) in [5.74, 6) is 0.884. The van der Waals surface area contributed by atoms with E-state index in [1.807, 2.05) is 31.0 Å². The summed E-state index contributed by atoms with van der Waals surface area (Å²) in [5.41, 5.74) is 6.92. The lowest BCUT2D eigenvalue weighted by Crippen LogP contribution is -2.26. The zero-order chi connectivity index (χ0) is 12.7. The van der Waals surface area contributed by atoms with E-state index in [0.717, 1.165) is 17.9 Å². The van der Waals surface area contributed by atoms with Crippen molar-refractivity contribution < 1.29 is 9.84 Å². The minimum atomic E-state index is -0.0421. The first-order valence-corrected chi connectivity index (χ1v) is 5.77. The predicted octanol–water partition coefficient (Wildman–Crippen LogP) is 0.546. The number of pyridine rings is 1. The first-order chi connectivity index (χ1) is 8.16. The Hall–Kier alpha value is -1.17. The Bertz CT molecular complexity index is 331. The molecular weight excluding hydrogens is 218 g/mol. The highest BCUT2D eigenvalue weighted by Crippen LogP contribution is 2.20. The minimum absolute atomic E-state index is 0.0421. The number of likely N-dealkylation sites (N-methyl/N-ethyl adjacent to an activating group) is 1. The molecule has 5 nitrogen and oxygen atoms in total. The van der Waals surface area contributed by atoms with Crippen LogP contribution in [-0.2, 0) is 4.74 Å². The fourth-order valence-corrected chi connectivity index (χ4v) is 1.56. The van der Waals surface area contributed by atoms with Crippen molar-refractivity contribution >= 4 is 5.82 Å². The van der Waals surface area contributed by atoms with Gasteiger partial charge in [0, 0.05) is 31.4 Å². The van der Waals surface area contributed by atoms with Crippen molar-refractivity contribution in [3.05, 3.63) is 23.9 Å². The van der Waals surface area contributed by atoms with Crippen molar-refractivity contribution in [3.63, 3.8) is 0 Å². The summed E-state index contributed by atoms with van der Waals surface area (Å²) in [6, 6.07) is 3.83. The van der Waals surface area contributed by atoms with E-state index < -0.39 is 0 Å². The summed E-state index contributed by atoms with van der Waals surface area (Å²) in [4.78, 5) is 6.35. The number of hydrogen-bond acceptors (Lipinski definition) is 5. The molecule has 1 atom stereocenters. The molecule has 0 aliphatic carbocycles. The number of hydrogen-bond donors (Lipinski definition) is 2. The van der Waals surface area contributed by atoms with Crippen LogP contribution < -0.4 is 10.6 Å². The molecule has 5 heteroatoms. The van der Waals surface area contributed by atoms with Crippen LogP contribution in [0.15, 0.2) is 18.3 Å². The molecule has 0 amide bonds. The fourth-order valence-electron chi connectivity index (χ4n) is 1.56. The first kappa shape index (κ1) is 13.9. The molecule has 1 heterocycles. The first-order valence-electron chi connectivity index (χ1n) is 5.77. The highest BCUT2D eigenvalue weighted by Gasteiger charge is 2.11. The van der Waals surface area contributed by atoms with Crippen LogP contribution in [0.5, 0.6) is 0 Å². The van der Waals surface area contributed by atoms with Gasteiger partial charge >= 0.3 is 0 Å². The zero-order valence-corrected chi connectivity index (χ0v) is 10.5. The normalized spacial score (nSPS) is 12.5. The second-order valence-electron chi connectivity index (χ2n) is 3.96. The van der Waals surface area contributed by atoms with Crippen LogP contribution in [0.25, 0.3) is 0 Å². The van der Waals surface area contributed by atoms with Crippen LogP contribution >= 0.6 is 0 Å². The van der Waals surface area contributed by atoms with Crippen molar-refractivity contribution in [2.75, 3.05) is 38.3 Å². The Morgan fingerprint density at radius 2 is 2.29 bits per heavy atom. The van der Waals surface area contributed by atoms with Gasteiger partial charge in [0.25, 0.3) is 0 Å². The maximum atomic E-state index is 8.60. The van der Waals surface area contributed by atoms with E-state index in [1.54, 1.807) is 6.20 Å². The van der Waals surface area contributed by atoms with Crippen LogP contribution in [0.3, 0.4) is 0 Å². The average molecular weight is 239 g/mol. The SMILES string of the molecule is CC(N)c1cccnc1N(C)CCOCCO. The molecule has 0 aromatic carbocycles. The summed E-state index contributed by atoms with van der Waals surface area (Å²) in [6.07, 6.45) is 1.76. The summed E-state index contributed by atoms with van der Waals surface area (Å²) < 4.78 is 5.22. The van der Waals surface area contributed by atoms with Crippen molar-refractivity contribution in [1.82, 2.24) is 4.98 Å². The molecule has 0 spiro atoms. The molecule has 17 heavy (non-hydrogen) atoms. The topological polar surface area (TPSA) is 71.6 Å². The van der Waals surface area contributed by atoms with E-state index in [1.165, 1.54) is 0 Å². The molecular formula is C12H21N3O2. The molecule has 1 unspecified atom stereocenters. The quantitative estimate of drug-likeness (QED) is 0.680. The van der Waals surface area contributed by atoms with Gasteiger partial charge in [-0.3, -0.25) is 0 Å². The van der Waals surface area contributed by atoms with Gasteiger partial charge in [-0.15, -0.1) is 0 Å². The number of nitrogens with zero attached hydrogens (tertiary/aromatic N) is 2. The van der Waals surface area contributed by atoms with Crippen molar-refractivity contribution in [2.45, 2.75) is 13.0 Å². The lowest BCUT2D eigenvalue weighted by atomic mass is 10.1. The van der Waals surface area contributed by atoms with Gasteiger partial charge in [0.2, 0.25) is 0 Å². The van der Waals surface area contributed by atoms with Gasteiger partial charge in [0.05, 0.1) is 19.8 Å². The Morgan fingerprint density at radius 1 is 1.53 bits per heavy atom. The van der Waals surface area contributed by atoms with Gasteiger partial charge < -0.3 is 20.5 Å².